The minimum absolute atomic E-state index is 0.350. The van der Waals surface area contributed by atoms with E-state index in [1.807, 2.05) is 0 Å². The number of carbonyl (C=O) groups is 2. The molecule has 0 spiro atoms. The number of nitrogens with one attached hydrogen (secondary N) is 2. The highest BCUT2D eigenvalue weighted by Gasteiger charge is 2.13. The lowest BCUT2D eigenvalue weighted by atomic mass is 10.3. The van der Waals surface area contributed by atoms with Crippen molar-refractivity contribution in [3.8, 4) is 0 Å². The van der Waals surface area contributed by atoms with Crippen LogP contribution in [0.4, 0.5) is 4.79 Å². The molecule has 82 valence electrons. The summed E-state index contributed by atoms with van der Waals surface area (Å²) in [5.41, 5.74) is 1.66. The van der Waals surface area contributed by atoms with E-state index in [2.05, 4.69) is 15.6 Å². The van der Waals surface area contributed by atoms with E-state index in [0.29, 0.717) is 6.54 Å². The van der Waals surface area contributed by atoms with Crippen molar-refractivity contribution >= 4 is 23.3 Å². The Morgan fingerprint density at radius 1 is 1.67 bits per heavy atom. The van der Waals surface area contributed by atoms with Crippen LogP contribution in [0.15, 0.2) is 11.7 Å². The molecule has 7 heteroatoms. The molecule has 1 atom stereocenters. The Labute approximate surface area is 90.3 Å². The van der Waals surface area contributed by atoms with E-state index in [1.54, 1.807) is 11.7 Å². The van der Waals surface area contributed by atoms with Crippen molar-refractivity contribution in [3.63, 3.8) is 0 Å². The number of amides is 2. The first-order valence-corrected chi connectivity index (χ1v) is 5.12. The molecule has 15 heavy (non-hydrogen) atoms. The number of nitrogens with zero attached hydrogens (tertiary/aromatic N) is 1. The van der Waals surface area contributed by atoms with Crippen LogP contribution in [0, 0.1) is 0 Å². The summed E-state index contributed by atoms with van der Waals surface area (Å²) in [6.45, 7) is 1.75. The van der Waals surface area contributed by atoms with Crippen LogP contribution in [0.25, 0.3) is 0 Å². The Kier molecular flexibility index (Phi) is 4.04. The third kappa shape index (κ3) is 3.94. The Morgan fingerprint density at radius 3 is 2.93 bits per heavy atom. The van der Waals surface area contributed by atoms with Crippen LogP contribution in [-0.2, 0) is 11.3 Å². The van der Waals surface area contributed by atoms with Crippen molar-refractivity contribution in [1.82, 2.24) is 15.6 Å². The van der Waals surface area contributed by atoms with E-state index in [1.165, 1.54) is 18.3 Å². The highest BCUT2D eigenvalue weighted by Crippen LogP contribution is 2.03. The molecule has 0 radical (unpaired) electrons. The molecule has 0 saturated heterocycles. The van der Waals surface area contributed by atoms with Crippen molar-refractivity contribution in [3.05, 3.63) is 16.6 Å². The van der Waals surface area contributed by atoms with Gasteiger partial charge >= 0.3 is 12.0 Å². The average Bonchev–Trinajstić information content (AvgIpc) is 2.66. The lowest BCUT2D eigenvalue weighted by molar-refractivity contribution is -0.138. The van der Waals surface area contributed by atoms with Gasteiger partial charge in [-0.15, -0.1) is 11.3 Å². The molecule has 1 rings (SSSR count). The molecule has 0 saturated carbocycles. The van der Waals surface area contributed by atoms with Crippen LogP contribution in [0.3, 0.4) is 0 Å². The molecule has 6 nitrogen and oxygen atoms in total. The molecule has 1 aromatic rings. The molecule has 0 aliphatic carbocycles. The Balaban J connectivity index is 2.28. The number of carboxylic acid groups (broad SMARTS) is 1. The summed E-state index contributed by atoms with van der Waals surface area (Å²) in [7, 11) is 0. The number of rotatable bonds is 4. The van der Waals surface area contributed by atoms with Gasteiger partial charge in [-0.3, -0.25) is 9.78 Å². The zero-order valence-corrected chi connectivity index (χ0v) is 8.87. The quantitative estimate of drug-likeness (QED) is 0.697. The predicted octanol–water partition coefficient (Wildman–Crippen LogP) is 0.415. The summed E-state index contributed by atoms with van der Waals surface area (Å²) in [5, 5.41) is 13.3. The number of aromatic nitrogens is 1. The molecule has 2 amide bonds. The van der Waals surface area contributed by atoms with Gasteiger partial charge in [0.2, 0.25) is 0 Å². The standard InChI is InChI=1S/C8H11N3O3S/c1-5(7(12)13)11-8(14)10-3-6-2-9-4-15-6/h2,4-5H,3H2,1H3,(H,12,13)(H2,10,11,14)/t5-/m1/s1. The van der Waals surface area contributed by atoms with Gasteiger partial charge in [0.05, 0.1) is 12.1 Å². The summed E-state index contributed by atoms with van der Waals surface area (Å²) >= 11 is 1.42. The van der Waals surface area contributed by atoms with Gasteiger partial charge in [0, 0.05) is 11.1 Å². The third-order valence-corrected chi connectivity index (χ3v) is 2.40. The molecule has 0 aliphatic rings. The van der Waals surface area contributed by atoms with Crippen molar-refractivity contribution < 1.29 is 14.7 Å². The lowest BCUT2D eigenvalue weighted by Crippen LogP contribution is -2.43. The highest BCUT2D eigenvalue weighted by atomic mass is 32.1. The van der Waals surface area contributed by atoms with Gasteiger partial charge in [-0.25, -0.2) is 4.79 Å². The minimum atomic E-state index is -1.07. The number of carbonyl (C=O) groups excluding carboxylic acids is 1. The normalized spacial score (nSPS) is 11.8. The van der Waals surface area contributed by atoms with Gasteiger partial charge in [0.15, 0.2) is 0 Å². The second kappa shape index (κ2) is 5.30. The molecule has 0 fully saturated rings. The van der Waals surface area contributed by atoms with Crippen LogP contribution in [0.2, 0.25) is 0 Å². The van der Waals surface area contributed by atoms with Crippen LogP contribution >= 0.6 is 11.3 Å². The van der Waals surface area contributed by atoms with E-state index in [4.69, 9.17) is 5.11 Å². The van der Waals surface area contributed by atoms with Gasteiger partial charge in [0.25, 0.3) is 0 Å². The van der Waals surface area contributed by atoms with E-state index >= 15 is 0 Å². The number of hydrogen-bond donors (Lipinski definition) is 3. The van der Waals surface area contributed by atoms with Gasteiger partial charge in [-0.2, -0.15) is 0 Å². The minimum Gasteiger partial charge on any atom is -0.480 e. The van der Waals surface area contributed by atoms with Crippen LogP contribution in [0.1, 0.15) is 11.8 Å². The molecule has 1 aromatic heterocycles. The van der Waals surface area contributed by atoms with Crippen LogP contribution in [0.5, 0.6) is 0 Å². The Morgan fingerprint density at radius 2 is 2.40 bits per heavy atom. The molecule has 0 unspecified atom stereocenters. The summed E-state index contributed by atoms with van der Waals surface area (Å²) in [6.07, 6.45) is 1.64. The summed E-state index contributed by atoms with van der Waals surface area (Å²) in [4.78, 5) is 26.3. The fourth-order valence-electron chi connectivity index (χ4n) is 0.806. The van der Waals surface area contributed by atoms with Crippen LogP contribution in [-0.4, -0.2) is 28.1 Å². The Hall–Kier alpha value is -1.63. The lowest BCUT2D eigenvalue weighted by Gasteiger charge is -2.09. The zero-order chi connectivity index (χ0) is 11.3. The van der Waals surface area contributed by atoms with Crippen molar-refractivity contribution in [1.29, 1.82) is 0 Å². The first-order valence-electron chi connectivity index (χ1n) is 4.24. The topological polar surface area (TPSA) is 91.3 Å². The first-order chi connectivity index (χ1) is 7.09. The molecule has 0 bridgehead atoms. The fourth-order valence-corrected chi connectivity index (χ4v) is 1.34. The smallest absolute Gasteiger partial charge is 0.325 e. The average molecular weight is 229 g/mol. The van der Waals surface area contributed by atoms with E-state index in [0.717, 1.165) is 4.88 Å². The maximum atomic E-state index is 11.2. The van der Waals surface area contributed by atoms with Crippen LogP contribution < -0.4 is 10.6 Å². The molecular weight excluding hydrogens is 218 g/mol. The number of hydrogen-bond acceptors (Lipinski definition) is 4. The van der Waals surface area contributed by atoms with E-state index in [9.17, 15) is 9.59 Å². The van der Waals surface area contributed by atoms with E-state index in [-0.39, 0.29) is 0 Å². The second-order valence-electron chi connectivity index (χ2n) is 2.85. The van der Waals surface area contributed by atoms with E-state index < -0.39 is 18.0 Å². The fraction of sp³-hybridized carbons (Fsp3) is 0.375. The van der Waals surface area contributed by atoms with Gasteiger partial charge in [-0.1, -0.05) is 0 Å². The zero-order valence-electron chi connectivity index (χ0n) is 8.06. The largest absolute Gasteiger partial charge is 0.480 e. The van der Waals surface area contributed by atoms with Crippen molar-refractivity contribution in [2.24, 2.45) is 0 Å². The highest BCUT2D eigenvalue weighted by molar-refractivity contribution is 7.09. The molecule has 3 N–H and O–H groups in total. The maximum Gasteiger partial charge on any atom is 0.325 e. The van der Waals surface area contributed by atoms with Crippen molar-refractivity contribution in [2.75, 3.05) is 0 Å². The van der Waals surface area contributed by atoms with Gasteiger partial charge < -0.3 is 15.7 Å². The van der Waals surface area contributed by atoms with Crippen molar-refractivity contribution in [2.45, 2.75) is 19.5 Å². The molecule has 1 heterocycles. The number of thiazole rings is 1. The number of carboxylic acids is 1. The van der Waals surface area contributed by atoms with Gasteiger partial charge in [0.1, 0.15) is 6.04 Å². The second-order valence-corrected chi connectivity index (χ2v) is 3.83. The molecule has 0 aliphatic heterocycles. The number of urea groups is 1. The number of aliphatic carboxylic acids is 1. The first kappa shape index (κ1) is 11.4. The summed E-state index contributed by atoms with van der Waals surface area (Å²) < 4.78 is 0. The predicted molar refractivity (Wildman–Crippen MR) is 54.6 cm³/mol. The summed E-state index contributed by atoms with van der Waals surface area (Å²) in [6, 6.07) is -1.40. The molecule has 0 aromatic carbocycles. The molecular formula is C8H11N3O3S. The monoisotopic (exact) mass is 229 g/mol. The SMILES string of the molecule is C[C@@H](NC(=O)NCc1cncs1)C(=O)O. The third-order valence-electron chi connectivity index (χ3n) is 1.62. The Bertz CT molecular complexity index is 339. The van der Waals surface area contributed by atoms with Gasteiger partial charge in [-0.05, 0) is 6.92 Å². The maximum absolute atomic E-state index is 11.2. The summed E-state index contributed by atoms with van der Waals surface area (Å²) in [5.74, 6) is -1.07.